The second-order valence-electron chi connectivity index (χ2n) is 5.59. The lowest BCUT2D eigenvalue weighted by molar-refractivity contribution is 0.153. The van der Waals surface area contributed by atoms with Gasteiger partial charge in [0.25, 0.3) is 0 Å². The Morgan fingerprint density at radius 2 is 1.75 bits per heavy atom. The third kappa shape index (κ3) is 3.96. The van der Waals surface area contributed by atoms with Gasteiger partial charge in [0.1, 0.15) is 5.75 Å². The molecule has 0 amide bonds. The Kier molecular flexibility index (Phi) is 5.05. The summed E-state index contributed by atoms with van der Waals surface area (Å²) in [6, 6.07) is 6.62. The maximum atomic E-state index is 11.4. The normalized spacial score (nSPS) is 23.5. The highest BCUT2D eigenvalue weighted by molar-refractivity contribution is 7.90. The van der Waals surface area contributed by atoms with Crippen LogP contribution in [-0.2, 0) is 9.84 Å². The largest absolute Gasteiger partial charge is 0.493 e. The van der Waals surface area contributed by atoms with Crippen molar-refractivity contribution < 1.29 is 13.2 Å². The first-order chi connectivity index (χ1) is 9.50. The molecule has 0 spiro atoms. The standard InChI is InChI=1S/C15H23NO3S/c1-20(17,18)15-8-6-14(7-9-15)19-11-13-5-3-2-4-12(13)10-16/h6-9,12-13H,2-5,10-11,16H2,1H3. The van der Waals surface area contributed by atoms with E-state index in [9.17, 15) is 8.42 Å². The molecule has 0 aromatic heterocycles. The van der Waals surface area contributed by atoms with E-state index < -0.39 is 9.84 Å². The van der Waals surface area contributed by atoms with E-state index in [-0.39, 0.29) is 0 Å². The van der Waals surface area contributed by atoms with Gasteiger partial charge in [-0.2, -0.15) is 0 Å². The molecule has 2 rings (SSSR count). The molecular formula is C15H23NO3S. The topological polar surface area (TPSA) is 69.4 Å². The Morgan fingerprint density at radius 1 is 1.15 bits per heavy atom. The molecule has 2 unspecified atom stereocenters. The minimum absolute atomic E-state index is 0.322. The summed E-state index contributed by atoms with van der Waals surface area (Å²) in [7, 11) is -3.14. The van der Waals surface area contributed by atoms with Gasteiger partial charge in [-0.3, -0.25) is 0 Å². The fourth-order valence-corrected chi connectivity index (χ4v) is 3.43. The molecule has 0 heterocycles. The van der Waals surface area contributed by atoms with E-state index in [2.05, 4.69) is 0 Å². The Bertz CT molecular complexity index is 525. The van der Waals surface area contributed by atoms with Crippen LogP contribution in [0.1, 0.15) is 25.7 Å². The third-order valence-electron chi connectivity index (χ3n) is 4.09. The lowest BCUT2D eigenvalue weighted by atomic mass is 9.80. The summed E-state index contributed by atoms with van der Waals surface area (Å²) in [5.74, 6) is 1.79. The predicted octanol–water partition coefficient (Wildman–Crippen LogP) is 2.23. The van der Waals surface area contributed by atoms with Crippen molar-refractivity contribution in [1.82, 2.24) is 0 Å². The molecule has 1 saturated carbocycles. The molecule has 1 aromatic carbocycles. The summed E-state index contributed by atoms with van der Waals surface area (Å²) in [5, 5.41) is 0. The molecule has 5 heteroatoms. The minimum atomic E-state index is -3.14. The average Bonchev–Trinajstić information content (AvgIpc) is 2.45. The van der Waals surface area contributed by atoms with E-state index in [0.717, 1.165) is 12.3 Å². The molecule has 1 aromatic rings. The molecule has 20 heavy (non-hydrogen) atoms. The fourth-order valence-electron chi connectivity index (χ4n) is 2.80. The number of hydrogen-bond donors (Lipinski definition) is 1. The van der Waals surface area contributed by atoms with Crippen LogP contribution in [0.5, 0.6) is 5.75 Å². The van der Waals surface area contributed by atoms with Crippen LogP contribution in [0.3, 0.4) is 0 Å². The van der Waals surface area contributed by atoms with Crippen molar-refractivity contribution in [2.75, 3.05) is 19.4 Å². The summed E-state index contributed by atoms with van der Waals surface area (Å²) < 4.78 is 28.5. The molecule has 4 nitrogen and oxygen atoms in total. The zero-order valence-corrected chi connectivity index (χ0v) is 12.7. The highest BCUT2D eigenvalue weighted by atomic mass is 32.2. The van der Waals surface area contributed by atoms with Crippen LogP contribution >= 0.6 is 0 Å². The van der Waals surface area contributed by atoms with Gasteiger partial charge in [0.05, 0.1) is 11.5 Å². The molecule has 1 fully saturated rings. The molecule has 2 atom stereocenters. The Labute approximate surface area is 121 Å². The Balaban J connectivity index is 1.93. The van der Waals surface area contributed by atoms with Crippen molar-refractivity contribution in [3.05, 3.63) is 24.3 Å². The van der Waals surface area contributed by atoms with Crippen LogP contribution in [0.2, 0.25) is 0 Å². The average molecular weight is 297 g/mol. The van der Waals surface area contributed by atoms with Gasteiger partial charge in [-0.15, -0.1) is 0 Å². The maximum Gasteiger partial charge on any atom is 0.175 e. The van der Waals surface area contributed by atoms with E-state index >= 15 is 0 Å². The monoisotopic (exact) mass is 297 g/mol. The highest BCUT2D eigenvalue weighted by Gasteiger charge is 2.24. The van der Waals surface area contributed by atoms with Crippen LogP contribution in [0.4, 0.5) is 0 Å². The van der Waals surface area contributed by atoms with E-state index in [1.807, 2.05) is 0 Å². The second kappa shape index (κ2) is 6.59. The van der Waals surface area contributed by atoms with Gasteiger partial charge in [0.2, 0.25) is 0 Å². The summed E-state index contributed by atoms with van der Waals surface area (Å²) in [6.07, 6.45) is 6.08. The number of rotatable bonds is 5. The molecule has 0 saturated heterocycles. The number of hydrogen-bond acceptors (Lipinski definition) is 4. The van der Waals surface area contributed by atoms with Crippen molar-refractivity contribution in [3.63, 3.8) is 0 Å². The lowest BCUT2D eigenvalue weighted by Gasteiger charge is -2.30. The predicted molar refractivity (Wildman–Crippen MR) is 79.5 cm³/mol. The van der Waals surface area contributed by atoms with Gasteiger partial charge in [0, 0.05) is 6.26 Å². The van der Waals surface area contributed by atoms with Crippen LogP contribution in [-0.4, -0.2) is 27.8 Å². The smallest absolute Gasteiger partial charge is 0.175 e. The molecule has 0 radical (unpaired) electrons. The summed E-state index contributed by atoms with van der Waals surface area (Å²) in [6.45, 7) is 1.39. The number of sulfone groups is 1. The van der Waals surface area contributed by atoms with Crippen LogP contribution in [0, 0.1) is 11.8 Å². The molecule has 2 N–H and O–H groups in total. The Hall–Kier alpha value is -1.07. The van der Waals surface area contributed by atoms with Gasteiger partial charge < -0.3 is 10.5 Å². The van der Waals surface area contributed by atoms with E-state index in [4.69, 9.17) is 10.5 Å². The van der Waals surface area contributed by atoms with Gasteiger partial charge in [-0.1, -0.05) is 12.8 Å². The molecule has 112 valence electrons. The third-order valence-corrected chi connectivity index (χ3v) is 5.21. The first-order valence-electron chi connectivity index (χ1n) is 7.13. The van der Waals surface area contributed by atoms with Crippen molar-refractivity contribution in [3.8, 4) is 5.75 Å². The van der Waals surface area contributed by atoms with Crippen molar-refractivity contribution in [1.29, 1.82) is 0 Å². The SMILES string of the molecule is CS(=O)(=O)c1ccc(OCC2CCCCC2CN)cc1. The zero-order valence-electron chi connectivity index (χ0n) is 11.9. The van der Waals surface area contributed by atoms with Gasteiger partial charge in [-0.25, -0.2) is 8.42 Å². The second-order valence-corrected chi connectivity index (χ2v) is 7.61. The number of nitrogens with two attached hydrogens (primary N) is 1. The molecule has 0 bridgehead atoms. The number of ether oxygens (including phenoxy) is 1. The zero-order chi connectivity index (χ0) is 14.6. The number of benzene rings is 1. The van der Waals surface area contributed by atoms with E-state index in [1.54, 1.807) is 24.3 Å². The van der Waals surface area contributed by atoms with Crippen LogP contribution in [0.25, 0.3) is 0 Å². The van der Waals surface area contributed by atoms with Gasteiger partial charge in [-0.05, 0) is 55.5 Å². The first kappa shape index (κ1) is 15.3. The van der Waals surface area contributed by atoms with E-state index in [1.165, 1.54) is 31.9 Å². The van der Waals surface area contributed by atoms with Crippen molar-refractivity contribution >= 4 is 9.84 Å². The Morgan fingerprint density at radius 3 is 2.30 bits per heavy atom. The van der Waals surface area contributed by atoms with E-state index in [0.29, 0.717) is 23.3 Å². The highest BCUT2D eigenvalue weighted by Crippen LogP contribution is 2.30. The maximum absolute atomic E-state index is 11.4. The first-order valence-corrected chi connectivity index (χ1v) is 9.03. The van der Waals surface area contributed by atoms with Crippen molar-refractivity contribution in [2.24, 2.45) is 17.6 Å². The van der Waals surface area contributed by atoms with Crippen LogP contribution < -0.4 is 10.5 Å². The molecule has 1 aliphatic carbocycles. The quantitative estimate of drug-likeness (QED) is 0.905. The summed E-state index contributed by atoms with van der Waals surface area (Å²) in [4.78, 5) is 0.322. The summed E-state index contributed by atoms with van der Waals surface area (Å²) >= 11 is 0. The molecular weight excluding hydrogens is 274 g/mol. The minimum Gasteiger partial charge on any atom is -0.493 e. The van der Waals surface area contributed by atoms with Crippen molar-refractivity contribution in [2.45, 2.75) is 30.6 Å². The molecule has 1 aliphatic rings. The molecule has 0 aliphatic heterocycles. The lowest BCUT2D eigenvalue weighted by Crippen LogP contribution is -2.30. The fraction of sp³-hybridized carbons (Fsp3) is 0.600. The van der Waals surface area contributed by atoms with Gasteiger partial charge in [0.15, 0.2) is 9.84 Å². The van der Waals surface area contributed by atoms with Crippen LogP contribution in [0.15, 0.2) is 29.2 Å². The summed E-state index contributed by atoms with van der Waals surface area (Å²) in [5.41, 5.74) is 5.81. The van der Waals surface area contributed by atoms with Gasteiger partial charge >= 0.3 is 0 Å².